The van der Waals surface area contributed by atoms with E-state index in [0.29, 0.717) is 5.92 Å². The molecular formula is C14H18N2O. The van der Waals surface area contributed by atoms with E-state index in [9.17, 15) is 0 Å². The highest BCUT2D eigenvalue weighted by Crippen LogP contribution is 2.29. The quantitative estimate of drug-likeness (QED) is 0.840. The molecule has 3 nitrogen and oxygen atoms in total. The Morgan fingerprint density at radius 2 is 2.29 bits per heavy atom. The molecule has 0 saturated heterocycles. The highest BCUT2D eigenvalue weighted by molar-refractivity contribution is 5.86. The first-order valence-corrected chi connectivity index (χ1v) is 6.31. The molecule has 1 heterocycles. The second kappa shape index (κ2) is 4.40. The number of amidine groups is 1. The number of nitrogens with zero attached hydrogens (tertiary/aromatic N) is 1. The fourth-order valence-electron chi connectivity index (χ4n) is 2.78. The van der Waals surface area contributed by atoms with Gasteiger partial charge in [-0.2, -0.15) is 0 Å². The van der Waals surface area contributed by atoms with Crippen molar-refractivity contribution in [3.8, 4) is 5.75 Å². The lowest BCUT2D eigenvalue weighted by atomic mass is 9.83. The lowest BCUT2D eigenvalue weighted by Crippen LogP contribution is -2.31. The smallest absolute Gasteiger partial charge is 0.119 e. The first kappa shape index (κ1) is 10.6. The van der Waals surface area contributed by atoms with Gasteiger partial charge in [-0.1, -0.05) is 6.07 Å². The number of methoxy groups -OCH3 is 1. The van der Waals surface area contributed by atoms with Crippen molar-refractivity contribution in [1.29, 1.82) is 0 Å². The number of hydrogen-bond acceptors (Lipinski definition) is 3. The van der Waals surface area contributed by atoms with Crippen LogP contribution in [0.5, 0.6) is 5.75 Å². The second-order valence-electron chi connectivity index (χ2n) is 4.77. The van der Waals surface area contributed by atoms with Gasteiger partial charge in [0.2, 0.25) is 0 Å². The third kappa shape index (κ3) is 2.02. The fourth-order valence-corrected chi connectivity index (χ4v) is 2.78. The van der Waals surface area contributed by atoms with Gasteiger partial charge < -0.3 is 10.1 Å². The number of rotatable bonds is 2. The van der Waals surface area contributed by atoms with Gasteiger partial charge in [0.15, 0.2) is 0 Å². The molecule has 0 aromatic heterocycles. The Hall–Kier alpha value is -1.51. The molecule has 1 aliphatic heterocycles. The molecule has 0 fully saturated rings. The molecule has 1 aliphatic carbocycles. The van der Waals surface area contributed by atoms with Crippen molar-refractivity contribution in [1.82, 2.24) is 5.32 Å². The molecular weight excluding hydrogens is 212 g/mol. The molecule has 17 heavy (non-hydrogen) atoms. The minimum Gasteiger partial charge on any atom is -0.497 e. The third-order valence-corrected chi connectivity index (χ3v) is 3.73. The molecule has 3 heteroatoms. The normalized spacial score (nSPS) is 22.6. The summed E-state index contributed by atoms with van der Waals surface area (Å²) in [6.07, 6.45) is 3.47. The maximum atomic E-state index is 5.30. The summed E-state index contributed by atoms with van der Waals surface area (Å²) in [5.74, 6) is 2.77. The lowest BCUT2D eigenvalue weighted by Gasteiger charge is -2.25. The van der Waals surface area contributed by atoms with Gasteiger partial charge in [0.1, 0.15) is 5.75 Å². The average molecular weight is 230 g/mol. The Morgan fingerprint density at radius 3 is 3.06 bits per heavy atom. The molecule has 1 aromatic carbocycles. The number of ether oxygens (including phenoxy) is 1. The Balaban J connectivity index is 1.83. The zero-order chi connectivity index (χ0) is 11.7. The summed E-state index contributed by atoms with van der Waals surface area (Å²) in [5, 5.41) is 3.40. The van der Waals surface area contributed by atoms with Crippen LogP contribution in [0.4, 0.5) is 0 Å². The summed E-state index contributed by atoms with van der Waals surface area (Å²) in [7, 11) is 1.73. The number of benzene rings is 1. The largest absolute Gasteiger partial charge is 0.497 e. The summed E-state index contributed by atoms with van der Waals surface area (Å²) in [5.41, 5.74) is 2.90. The summed E-state index contributed by atoms with van der Waals surface area (Å²) in [4.78, 5) is 4.55. The van der Waals surface area contributed by atoms with Crippen LogP contribution in [0.1, 0.15) is 17.5 Å². The van der Waals surface area contributed by atoms with Gasteiger partial charge in [0.25, 0.3) is 0 Å². The summed E-state index contributed by atoms with van der Waals surface area (Å²) < 4.78 is 5.30. The van der Waals surface area contributed by atoms with E-state index in [4.69, 9.17) is 4.74 Å². The van der Waals surface area contributed by atoms with Crippen molar-refractivity contribution < 1.29 is 4.74 Å². The molecule has 0 radical (unpaired) electrons. The topological polar surface area (TPSA) is 33.6 Å². The van der Waals surface area contributed by atoms with Crippen LogP contribution in [0.2, 0.25) is 0 Å². The molecule has 1 N–H and O–H groups in total. The molecule has 0 bridgehead atoms. The van der Waals surface area contributed by atoms with Gasteiger partial charge in [-0.25, -0.2) is 0 Å². The number of aryl methyl sites for hydroxylation is 1. The van der Waals surface area contributed by atoms with Crippen LogP contribution >= 0.6 is 0 Å². The van der Waals surface area contributed by atoms with E-state index in [2.05, 4.69) is 28.5 Å². The highest BCUT2D eigenvalue weighted by atomic mass is 16.5. The Kier molecular flexibility index (Phi) is 2.75. The number of hydrogen-bond donors (Lipinski definition) is 1. The van der Waals surface area contributed by atoms with Crippen LogP contribution < -0.4 is 10.1 Å². The van der Waals surface area contributed by atoms with E-state index < -0.39 is 0 Å². The van der Waals surface area contributed by atoms with Crippen LogP contribution in [0.25, 0.3) is 0 Å². The second-order valence-corrected chi connectivity index (χ2v) is 4.77. The van der Waals surface area contributed by atoms with E-state index in [1.165, 1.54) is 23.4 Å². The van der Waals surface area contributed by atoms with Crippen molar-refractivity contribution in [2.24, 2.45) is 10.9 Å². The Labute approximate surface area is 102 Å². The average Bonchev–Trinajstić information content (AvgIpc) is 2.91. The molecule has 0 saturated carbocycles. The predicted octanol–water partition coefficient (Wildman–Crippen LogP) is 1.80. The first-order valence-electron chi connectivity index (χ1n) is 6.31. The van der Waals surface area contributed by atoms with Crippen molar-refractivity contribution in [3.63, 3.8) is 0 Å². The fraction of sp³-hybridized carbons (Fsp3) is 0.500. The monoisotopic (exact) mass is 230 g/mol. The molecule has 1 aromatic rings. The van der Waals surface area contributed by atoms with Crippen molar-refractivity contribution in [3.05, 3.63) is 29.3 Å². The standard InChI is InChI=1S/C14H18N2O/c1-17-13-5-4-10-2-3-11(8-12(10)9-13)14-15-6-7-16-14/h4-5,9,11H,2-3,6-8H2,1H3,(H,15,16). The van der Waals surface area contributed by atoms with E-state index in [1.54, 1.807) is 7.11 Å². The van der Waals surface area contributed by atoms with Gasteiger partial charge in [-0.15, -0.1) is 0 Å². The zero-order valence-electron chi connectivity index (χ0n) is 10.2. The van der Waals surface area contributed by atoms with Crippen molar-refractivity contribution in [2.75, 3.05) is 20.2 Å². The molecule has 0 spiro atoms. The van der Waals surface area contributed by atoms with E-state index in [0.717, 1.165) is 31.7 Å². The summed E-state index contributed by atoms with van der Waals surface area (Å²) in [6, 6.07) is 6.44. The maximum absolute atomic E-state index is 5.30. The number of aliphatic imine (C=N–C) groups is 1. The SMILES string of the molecule is COc1ccc2c(c1)CC(C1=NCCN1)CC2. The highest BCUT2D eigenvalue weighted by Gasteiger charge is 2.24. The number of fused-ring (bicyclic) bond motifs is 1. The molecule has 2 aliphatic rings. The van der Waals surface area contributed by atoms with Crippen LogP contribution in [0.3, 0.4) is 0 Å². The van der Waals surface area contributed by atoms with Crippen LogP contribution in [0, 0.1) is 5.92 Å². The van der Waals surface area contributed by atoms with E-state index >= 15 is 0 Å². The van der Waals surface area contributed by atoms with Gasteiger partial charge in [-0.3, -0.25) is 4.99 Å². The molecule has 0 amide bonds. The zero-order valence-corrected chi connectivity index (χ0v) is 10.2. The van der Waals surface area contributed by atoms with Crippen LogP contribution in [-0.2, 0) is 12.8 Å². The minimum absolute atomic E-state index is 0.581. The van der Waals surface area contributed by atoms with Gasteiger partial charge in [-0.05, 0) is 42.5 Å². The van der Waals surface area contributed by atoms with Crippen molar-refractivity contribution in [2.45, 2.75) is 19.3 Å². The maximum Gasteiger partial charge on any atom is 0.119 e. The molecule has 90 valence electrons. The van der Waals surface area contributed by atoms with Crippen LogP contribution in [-0.4, -0.2) is 26.0 Å². The lowest BCUT2D eigenvalue weighted by molar-refractivity contribution is 0.413. The van der Waals surface area contributed by atoms with E-state index in [-0.39, 0.29) is 0 Å². The summed E-state index contributed by atoms with van der Waals surface area (Å²) in [6.45, 7) is 1.95. The number of nitrogens with one attached hydrogen (secondary N) is 1. The third-order valence-electron chi connectivity index (χ3n) is 3.73. The van der Waals surface area contributed by atoms with Gasteiger partial charge >= 0.3 is 0 Å². The summed E-state index contributed by atoms with van der Waals surface area (Å²) >= 11 is 0. The minimum atomic E-state index is 0.581. The van der Waals surface area contributed by atoms with E-state index in [1.807, 2.05) is 0 Å². The van der Waals surface area contributed by atoms with Crippen LogP contribution in [0.15, 0.2) is 23.2 Å². The van der Waals surface area contributed by atoms with Crippen molar-refractivity contribution >= 4 is 5.84 Å². The molecule has 1 atom stereocenters. The van der Waals surface area contributed by atoms with Gasteiger partial charge in [0, 0.05) is 12.5 Å². The Bertz CT molecular complexity index is 454. The Morgan fingerprint density at radius 1 is 1.35 bits per heavy atom. The molecule has 1 unspecified atom stereocenters. The molecule has 3 rings (SSSR count). The van der Waals surface area contributed by atoms with Gasteiger partial charge in [0.05, 0.1) is 19.5 Å². The first-order chi connectivity index (χ1) is 8.36. The predicted molar refractivity (Wildman–Crippen MR) is 68.8 cm³/mol.